The Kier molecular flexibility index (Phi) is 4.52. The van der Waals surface area contributed by atoms with Crippen molar-refractivity contribution in [1.82, 2.24) is 0 Å². The molecule has 4 rings (SSSR count). The fourth-order valence-corrected chi connectivity index (χ4v) is 5.60. The van der Waals surface area contributed by atoms with Crippen LogP contribution in [0.1, 0.15) is 49.7 Å². The molecule has 0 aromatic heterocycles. The van der Waals surface area contributed by atoms with E-state index in [1.54, 1.807) is 6.08 Å². The predicted octanol–water partition coefficient (Wildman–Crippen LogP) is 4.94. The van der Waals surface area contributed by atoms with Crippen molar-refractivity contribution in [3.8, 4) is 5.75 Å². The van der Waals surface area contributed by atoms with Gasteiger partial charge in [0.15, 0.2) is 12.4 Å². The summed E-state index contributed by atoms with van der Waals surface area (Å²) < 4.78 is 5.33. The van der Waals surface area contributed by atoms with Gasteiger partial charge in [0.1, 0.15) is 10.8 Å². The van der Waals surface area contributed by atoms with Crippen molar-refractivity contribution in [2.24, 2.45) is 11.3 Å². The number of carbonyl (C=O) groups is 2. The van der Waals surface area contributed by atoms with Crippen molar-refractivity contribution in [3.05, 3.63) is 33.3 Å². The minimum absolute atomic E-state index is 0.0505. The van der Waals surface area contributed by atoms with Gasteiger partial charge in [-0.1, -0.05) is 36.0 Å². The summed E-state index contributed by atoms with van der Waals surface area (Å²) in [6.07, 6.45) is 8.80. The number of ether oxygens (including phenoxy) is 1. The number of fused-ring (bicyclic) bond motifs is 3. The average Bonchev–Trinajstić information content (AvgIpc) is 3.23. The minimum atomic E-state index is -1.07. The van der Waals surface area contributed by atoms with Crippen molar-refractivity contribution >= 4 is 40.5 Å². The number of hydrogen-bond acceptors (Lipinski definition) is 3. The summed E-state index contributed by atoms with van der Waals surface area (Å²) in [5.74, 6) is -0.0839. The Bertz CT molecular complexity index is 824. The van der Waals surface area contributed by atoms with Crippen LogP contribution in [0.15, 0.2) is 12.1 Å². The molecule has 0 saturated heterocycles. The summed E-state index contributed by atoms with van der Waals surface area (Å²) in [5, 5.41) is 9.44. The van der Waals surface area contributed by atoms with E-state index in [2.05, 4.69) is 0 Å². The van der Waals surface area contributed by atoms with Crippen LogP contribution in [0, 0.1) is 11.3 Å². The summed E-state index contributed by atoms with van der Waals surface area (Å²) in [6.45, 7) is -0.468. The van der Waals surface area contributed by atoms with Gasteiger partial charge < -0.3 is 9.84 Å². The number of carboxylic acids is 1. The summed E-state index contributed by atoms with van der Waals surface area (Å²) in [7, 11) is 0. The maximum absolute atomic E-state index is 12.2. The fourth-order valence-electron chi connectivity index (χ4n) is 5.08. The van der Waals surface area contributed by atoms with Crippen LogP contribution in [0.2, 0.25) is 10.0 Å². The van der Waals surface area contributed by atoms with Crippen LogP contribution in [-0.2, 0) is 16.0 Å². The molecule has 1 N–H and O–H groups in total. The first-order valence-corrected chi connectivity index (χ1v) is 9.79. The molecule has 1 fully saturated rings. The lowest BCUT2D eigenvalue weighted by atomic mass is 9.64. The van der Waals surface area contributed by atoms with Gasteiger partial charge in [0.05, 0.1) is 5.02 Å². The molecular formula is C20H20Cl2O4. The van der Waals surface area contributed by atoms with E-state index in [9.17, 15) is 9.59 Å². The van der Waals surface area contributed by atoms with Gasteiger partial charge in [-0.15, -0.1) is 0 Å². The van der Waals surface area contributed by atoms with E-state index >= 15 is 0 Å². The molecule has 0 spiro atoms. The van der Waals surface area contributed by atoms with Gasteiger partial charge in [0.25, 0.3) is 0 Å². The van der Waals surface area contributed by atoms with E-state index in [0.29, 0.717) is 23.1 Å². The highest BCUT2D eigenvalue weighted by Gasteiger charge is 2.50. The Hall–Kier alpha value is -1.52. The minimum Gasteiger partial charge on any atom is -0.480 e. The zero-order valence-corrected chi connectivity index (χ0v) is 15.8. The normalized spacial score (nSPS) is 25.0. The van der Waals surface area contributed by atoms with Crippen LogP contribution in [0.5, 0.6) is 5.75 Å². The van der Waals surface area contributed by atoms with Crippen molar-refractivity contribution in [2.75, 3.05) is 6.61 Å². The first-order valence-electron chi connectivity index (χ1n) is 9.03. The Balaban J connectivity index is 1.82. The van der Waals surface area contributed by atoms with Gasteiger partial charge in [-0.3, -0.25) is 4.79 Å². The third-order valence-corrected chi connectivity index (χ3v) is 7.03. The molecule has 1 aromatic rings. The molecule has 1 atom stereocenters. The van der Waals surface area contributed by atoms with Crippen LogP contribution in [0.4, 0.5) is 0 Å². The van der Waals surface area contributed by atoms with E-state index in [4.69, 9.17) is 33.0 Å². The van der Waals surface area contributed by atoms with E-state index < -0.39 is 12.6 Å². The van der Waals surface area contributed by atoms with Gasteiger partial charge >= 0.3 is 5.97 Å². The predicted molar refractivity (Wildman–Crippen MR) is 99.9 cm³/mol. The lowest BCUT2D eigenvalue weighted by Crippen LogP contribution is -2.32. The summed E-state index contributed by atoms with van der Waals surface area (Å²) >= 11 is 13.0. The Labute approximate surface area is 162 Å². The number of benzene rings is 1. The van der Waals surface area contributed by atoms with Crippen LogP contribution in [0.25, 0.3) is 5.57 Å². The molecule has 0 bridgehead atoms. The maximum Gasteiger partial charge on any atom is 0.341 e. The highest BCUT2D eigenvalue weighted by Crippen LogP contribution is 2.62. The van der Waals surface area contributed by atoms with Crippen molar-refractivity contribution < 1.29 is 19.4 Å². The molecule has 1 saturated carbocycles. The SMILES string of the molecule is O=C(O)COc1cc2c(c(Cl)c1Cl)C1=CC(=O)CCC1(C1CCCC1)C2. The third kappa shape index (κ3) is 2.74. The van der Waals surface area contributed by atoms with E-state index in [1.165, 1.54) is 25.7 Å². The lowest BCUT2D eigenvalue weighted by Gasteiger charge is -2.39. The van der Waals surface area contributed by atoms with E-state index in [-0.39, 0.29) is 16.2 Å². The topological polar surface area (TPSA) is 63.6 Å². The molecule has 0 radical (unpaired) electrons. The third-order valence-electron chi connectivity index (χ3n) is 6.18. The molecule has 0 amide bonds. The number of aliphatic carboxylic acids is 1. The fraction of sp³-hybridized carbons (Fsp3) is 0.500. The average molecular weight is 395 g/mol. The van der Waals surface area contributed by atoms with Gasteiger partial charge in [-0.25, -0.2) is 4.79 Å². The van der Waals surface area contributed by atoms with Gasteiger partial charge in [-0.05, 0) is 54.9 Å². The van der Waals surface area contributed by atoms with Gasteiger partial charge in [-0.2, -0.15) is 0 Å². The van der Waals surface area contributed by atoms with Crippen molar-refractivity contribution in [3.63, 3.8) is 0 Å². The van der Waals surface area contributed by atoms with Crippen molar-refractivity contribution in [1.29, 1.82) is 0 Å². The van der Waals surface area contributed by atoms with Crippen LogP contribution in [-0.4, -0.2) is 23.5 Å². The zero-order valence-electron chi connectivity index (χ0n) is 14.3. The molecule has 3 aliphatic carbocycles. The first-order chi connectivity index (χ1) is 12.4. The molecule has 4 nitrogen and oxygen atoms in total. The van der Waals surface area contributed by atoms with Gasteiger partial charge in [0.2, 0.25) is 0 Å². The summed E-state index contributed by atoms with van der Waals surface area (Å²) in [6, 6.07) is 1.81. The van der Waals surface area contributed by atoms with E-state index in [0.717, 1.165) is 29.5 Å². The summed E-state index contributed by atoms with van der Waals surface area (Å²) in [4.78, 5) is 23.0. The molecule has 0 heterocycles. The second-order valence-electron chi connectivity index (χ2n) is 7.56. The van der Waals surface area contributed by atoms with Crippen molar-refractivity contribution in [2.45, 2.75) is 44.9 Å². The quantitative estimate of drug-likeness (QED) is 0.785. The second kappa shape index (κ2) is 6.58. The lowest BCUT2D eigenvalue weighted by molar-refractivity contribution is -0.139. The molecule has 3 aliphatic rings. The number of rotatable bonds is 4. The van der Waals surface area contributed by atoms with Crippen LogP contribution < -0.4 is 4.74 Å². The maximum atomic E-state index is 12.2. The number of carbonyl (C=O) groups excluding carboxylic acids is 1. The highest BCUT2D eigenvalue weighted by atomic mass is 35.5. The largest absolute Gasteiger partial charge is 0.480 e. The van der Waals surface area contributed by atoms with Crippen LogP contribution >= 0.6 is 23.2 Å². The Morgan fingerprint density at radius 1 is 1.27 bits per heavy atom. The molecule has 1 unspecified atom stereocenters. The molecule has 26 heavy (non-hydrogen) atoms. The monoisotopic (exact) mass is 394 g/mol. The smallest absolute Gasteiger partial charge is 0.341 e. The van der Waals surface area contributed by atoms with Gasteiger partial charge in [0, 0.05) is 17.4 Å². The molecule has 1 aromatic carbocycles. The standard InChI is InChI=1S/C20H20Cl2O4/c21-18-15(26-10-16(24)25)7-11-9-20(12-3-1-2-4-12)6-5-13(23)8-14(20)17(11)19(18)22/h7-8,12H,1-6,9-10H2,(H,24,25). The summed E-state index contributed by atoms with van der Waals surface area (Å²) in [5.41, 5.74) is 2.85. The molecule has 138 valence electrons. The number of halogens is 2. The second-order valence-corrected chi connectivity index (χ2v) is 8.31. The number of ketones is 1. The molecular weight excluding hydrogens is 375 g/mol. The molecule has 6 heteroatoms. The number of hydrogen-bond donors (Lipinski definition) is 1. The Morgan fingerprint density at radius 3 is 2.69 bits per heavy atom. The number of carboxylic acid groups (broad SMARTS) is 1. The Morgan fingerprint density at radius 2 is 2.00 bits per heavy atom. The van der Waals surface area contributed by atoms with Crippen LogP contribution in [0.3, 0.4) is 0 Å². The zero-order chi connectivity index (χ0) is 18.5. The molecule has 0 aliphatic heterocycles. The number of allylic oxidation sites excluding steroid dienone is 2. The van der Waals surface area contributed by atoms with E-state index in [1.807, 2.05) is 6.07 Å². The first kappa shape index (κ1) is 17.9. The highest BCUT2D eigenvalue weighted by molar-refractivity contribution is 6.44.